The van der Waals surface area contributed by atoms with Gasteiger partial charge in [0.1, 0.15) is 11.4 Å². The summed E-state index contributed by atoms with van der Waals surface area (Å²) in [4.78, 5) is 24.4. The highest BCUT2D eigenvalue weighted by molar-refractivity contribution is 5.84. The molecule has 3 aromatic carbocycles. The van der Waals surface area contributed by atoms with E-state index in [1.165, 1.54) is 5.56 Å². The van der Waals surface area contributed by atoms with E-state index in [0.717, 1.165) is 22.4 Å². The molecule has 0 aliphatic rings. The zero-order valence-electron chi connectivity index (χ0n) is 24.2. The molecule has 0 saturated heterocycles. The van der Waals surface area contributed by atoms with Crippen LogP contribution in [0.3, 0.4) is 0 Å². The standard InChI is InChI=1S/C33H41NO6/c1-6-37-30(31(35)38-7-2)23-26-15-18-29(27(22-26)21-25-11-9-8-10-12-25)39-20-19-24-13-16-28(17-14-24)34-32(36)40-33(3,4)5/h8-18,22,30H,6-7,19-21,23H2,1-5H3,(H,34,36). The van der Waals surface area contributed by atoms with E-state index in [9.17, 15) is 9.59 Å². The first kappa shape index (κ1) is 30.7. The normalized spacial score (nSPS) is 11.9. The van der Waals surface area contributed by atoms with Gasteiger partial charge in [0, 0.05) is 31.6 Å². The molecular formula is C33H41NO6. The molecule has 0 aromatic heterocycles. The number of carbonyl (C=O) groups is 2. The molecule has 3 aromatic rings. The lowest BCUT2D eigenvalue weighted by molar-refractivity contribution is -0.156. The van der Waals surface area contributed by atoms with Crippen molar-refractivity contribution >= 4 is 17.7 Å². The van der Waals surface area contributed by atoms with E-state index in [2.05, 4.69) is 23.5 Å². The Labute approximate surface area is 237 Å². The van der Waals surface area contributed by atoms with Crippen molar-refractivity contribution in [1.29, 1.82) is 0 Å². The highest BCUT2D eigenvalue weighted by atomic mass is 16.6. The summed E-state index contributed by atoms with van der Waals surface area (Å²) in [7, 11) is 0. The Hall–Kier alpha value is -3.84. The first-order valence-corrected chi connectivity index (χ1v) is 13.8. The van der Waals surface area contributed by atoms with Crippen LogP contribution in [0.1, 0.15) is 56.9 Å². The molecule has 40 heavy (non-hydrogen) atoms. The van der Waals surface area contributed by atoms with Gasteiger partial charge in [0.05, 0.1) is 13.2 Å². The largest absolute Gasteiger partial charge is 0.493 e. The summed E-state index contributed by atoms with van der Waals surface area (Å²) in [5, 5.41) is 2.75. The van der Waals surface area contributed by atoms with Crippen LogP contribution < -0.4 is 10.1 Å². The summed E-state index contributed by atoms with van der Waals surface area (Å²) in [6, 6.07) is 23.9. The Morgan fingerprint density at radius 1 is 0.850 bits per heavy atom. The highest BCUT2D eigenvalue weighted by Gasteiger charge is 2.21. The molecule has 0 bridgehead atoms. The second kappa shape index (κ2) is 15.1. The maximum atomic E-state index is 12.4. The molecule has 0 spiro atoms. The summed E-state index contributed by atoms with van der Waals surface area (Å²) in [5.41, 5.74) is 4.41. The van der Waals surface area contributed by atoms with Crippen molar-refractivity contribution < 1.29 is 28.5 Å². The molecule has 0 heterocycles. The smallest absolute Gasteiger partial charge is 0.412 e. The number of hydrogen-bond acceptors (Lipinski definition) is 6. The molecular weight excluding hydrogens is 506 g/mol. The molecule has 1 amide bonds. The fourth-order valence-electron chi connectivity index (χ4n) is 4.17. The van der Waals surface area contributed by atoms with Gasteiger partial charge < -0.3 is 18.9 Å². The van der Waals surface area contributed by atoms with Crippen molar-refractivity contribution in [2.45, 2.75) is 65.6 Å². The van der Waals surface area contributed by atoms with Crippen molar-refractivity contribution in [3.63, 3.8) is 0 Å². The summed E-state index contributed by atoms with van der Waals surface area (Å²) < 4.78 is 22.4. The SMILES string of the molecule is CCOC(=O)C(Cc1ccc(OCCc2ccc(NC(=O)OC(C)(C)C)cc2)c(Cc2ccccc2)c1)OCC. The second-order valence-corrected chi connectivity index (χ2v) is 10.4. The number of nitrogens with one attached hydrogen (secondary N) is 1. The van der Waals surface area contributed by atoms with E-state index >= 15 is 0 Å². The minimum Gasteiger partial charge on any atom is -0.493 e. The third kappa shape index (κ3) is 10.4. The average molecular weight is 548 g/mol. The third-order valence-electron chi connectivity index (χ3n) is 5.95. The Bertz CT molecular complexity index is 1220. The molecule has 7 heteroatoms. The molecule has 1 unspecified atom stereocenters. The fraction of sp³-hybridized carbons (Fsp3) is 0.394. The number of ether oxygens (including phenoxy) is 4. The van der Waals surface area contributed by atoms with Crippen molar-refractivity contribution in [2.24, 2.45) is 0 Å². The van der Waals surface area contributed by atoms with Gasteiger partial charge in [-0.3, -0.25) is 5.32 Å². The Morgan fingerprint density at radius 3 is 2.20 bits per heavy atom. The van der Waals surface area contributed by atoms with Crippen LogP contribution in [0.2, 0.25) is 0 Å². The summed E-state index contributed by atoms with van der Waals surface area (Å²) in [6.45, 7) is 10.4. The minimum atomic E-state index is -0.644. The summed E-state index contributed by atoms with van der Waals surface area (Å²) in [5.74, 6) is 0.460. The molecule has 3 rings (SSSR count). The first-order chi connectivity index (χ1) is 19.2. The van der Waals surface area contributed by atoms with Crippen LogP contribution in [0.4, 0.5) is 10.5 Å². The number of amides is 1. The molecule has 0 radical (unpaired) electrons. The lowest BCUT2D eigenvalue weighted by Crippen LogP contribution is -2.29. The average Bonchev–Trinajstić information content (AvgIpc) is 2.90. The van der Waals surface area contributed by atoms with E-state index in [-0.39, 0.29) is 5.97 Å². The lowest BCUT2D eigenvalue weighted by atomic mass is 9.99. The number of anilines is 1. The van der Waals surface area contributed by atoms with Crippen molar-refractivity contribution in [3.8, 4) is 5.75 Å². The second-order valence-electron chi connectivity index (χ2n) is 10.4. The maximum absolute atomic E-state index is 12.4. The van der Waals surface area contributed by atoms with E-state index in [1.807, 2.05) is 82.3 Å². The summed E-state index contributed by atoms with van der Waals surface area (Å²) >= 11 is 0. The van der Waals surface area contributed by atoms with Gasteiger partial charge in [-0.2, -0.15) is 0 Å². The molecule has 7 nitrogen and oxygen atoms in total. The van der Waals surface area contributed by atoms with Gasteiger partial charge in [0.25, 0.3) is 0 Å². The number of rotatable bonds is 13. The van der Waals surface area contributed by atoms with E-state index in [0.29, 0.717) is 44.8 Å². The van der Waals surface area contributed by atoms with Crippen molar-refractivity contribution in [3.05, 3.63) is 95.1 Å². The molecule has 1 atom stereocenters. The zero-order valence-corrected chi connectivity index (χ0v) is 24.2. The summed E-state index contributed by atoms with van der Waals surface area (Å²) in [6.07, 6.45) is 0.711. The quantitative estimate of drug-likeness (QED) is 0.238. The van der Waals surface area contributed by atoms with Crippen LogP contribution >= 0.6 is 0 Å². The molecule has 214 valence electrons. The van der Waals surface area contributed by atoms with Crippen LogP contribution in [0, 0.1) is 0 Å². The van der Waals surface area contributed by atoms with Gasteiger partial charge in [-0.05, 0) is 75.1 Å². The molecule has 1 N–H and O–H groups in total. The Morgan fingerprint density at radius 2 is 1.55 bits per heavy atom. The first-order valence-electron chi connectivity index (χ1n) is 13.8. The van der Waals surface area contributed by atoms with Crippen LogP contribution in [-0.4, -0.2) is 43.6 Å². The number of hydrogen-bond donors (Lipinski definition) is 1. The zero-order chi connectivity index (χ0) is 29.0. The van der Waals surface area contributed by atoms with Gasteiger partial charge in [-0.1, -0.05) is 54.6 Å². The van der Waals surface area contributed by atoms with E-state index in [4.69, 9.17) is 18.9 Å². The number of esters is 1. The van der Waals surface area contributed by atoms with E-state index < -0.39 is 17.8 Å². The monoisotopic (exact) mass is 547 g/mol. The van der Waals surface area contributed by atoms with Crippen molar-refractivity contribution in [2.75, 3.05) is 25.1 Å². The topological polar surface area (TPSA) is 83.1 Å². The molecule has 0 aliphatic heterocycles. The maximum Gasteiger partial charge on any atom is 0.412 e. The lowest BCUT2D eigenvalue weighted by Gasteiger charge is -2.19. The highest BCUT2D eigenvalue weighted by Crippen LogP contribution is 2.25. The molecule has 0 saturated carbocycles. The van der Waals surface area contributed by atoms with Gasteiger partial charge in [0.2, 0.25) is 0 Å². The third-order valence-corrected chi connectivity index (χ3v) is 5.95. The van der Waals surface area contributed by atoms with E-state index in [1.54, 1.807) is 6.92 Å². The minimum absolute atomic E-state index is 0.317. The predicted octanol–water partition coefficient (Wildman–Crippen LogP) is 6.76. The van der Waals surface area contributed by atoms with Crippen molar-refractivity contribution in [1.82, 2.24) is 0 Å². The van der Waals surface area contributed by atoms with Crippen LogP contribution in [0.25, 0.3) is 0 Å². The van der Waals surface area contributed by atoms with Crippen LogP contribution in [0.15, 0.2) is 72.8 Å². The predicted molar refractivity (Wildman–Crippen MR) is 157 cm³/mol. The molecule has 0 aliphatic carbocycles. The number of benzene rings is 3. The van der Waals surface area contributed by atoms with Gasteiger partial charge in [0.15, 0.2) is 6.10 Å². The fourth-order valence-corrected chi connectivity index (χ4v) is 4.17. The Balaban J connectivity index is 1.67. The Kier molecular flexibility index (Phi) is 11.6. The van der Waals surface area contributed by atoms with Gasteiger partial charge in [-0.15, -0.1) is 0 Å². The van der Waals surface area contributed by atoms with Gasteiger partial charge in [-0.25, -0.2) is 9.59 Å². The number of carbonyl (C=O) groups excluding carboxylic acids is 2. The van der Waals surface area contributed by atoms with Crippen LogP contribution in [0.5, 0.6) is 5.75 Å². The van der Waals surface area contributed by atoms with Crippen LogP contribution in [-0.2, 0) is 38.3 Å². The molecule has 0 fully saturated rings. The van der Waals surface area contributed by atoms with Gasteiger partial charge >= 0.3 is 12.1 Å².